The highest BCUT2D eigenvalue weighted by molar-refractivity contribution is 9.10. The molecule has 0 saturated heterocycles. The highest BCUT2D eigenvalue weighted by Crippen LogP contribution is 2.36. The van der Waals surface area contributed by atoms with Crippen molar-refractivity contribution in [2.45, 2.75) is 13.3 Å². The summed E-state index contributed by atoms with van der Waals surface area (Å²) in [4.78, 5) is 23.0. The van der Waals surface area contributed by atoms with Crippen molar-refractivity contribution < 1.29 is 23.8 Å². The third-order valence-electron chi connectivity index (χ3n) is 4.15. The summed E-state index contributed by atoms with van der Waals surface area (Å²) in [5.41, 5.74) is 1.69. The number of hydrogen-bond donors (Lipinski definition) is 1. The lowest BCUT2D eigenvalue weighted by atomic mass is 10.1. The number of fused-ring (bicyclic) bond motifs is 1. The zero-order chi connectivity index (χ0) is 21.0. The van der Waals surface area contributed by atoms with Gasteiger partial charge in [-0.15, -0.1) is 0 Å². The van der Waals surface area contributed by atoms with Crippen molar-refractivity contribution >= 4 is 44.5 Å². The SMILES string of the molecule is Cc1cc(-c2cc(=O)c3cccc(Cl)c3o2)c(OCCCOCC(=O)O)cc1Br. The second kappa shape index (κ2) is 9.43. The molecule has 29 heavy (non-hydrogen) atoms. The van der Waals surface area contributed by atoms with Gasteiger partial charge in [0.25, 0.3) is 0 Å². The molecule has 6 nitrogen and oxygen atoms in total. The first-order valence-corrected chi connectivity index (χ1v) is 9.99. The molecule has 0 bridgehead atoms. The molecule has 0 radical (unpaired) electrons. The number of benzene rings is 2. The van der Waals surface area contributed by atoms with Crippen LogP contribution < -0.4 is 10.2 Å². The molecule has 0 amide bonds. The Balaban J connectivity index is 1.90. The zero-order valence-corrected chi connectivity index (χ0v) is 17.9. The van der Waals surface area contributed by atoms with Gasteiger partial charge in [-0.2, -0.15) is 0 Å². The number of para-hydroxylation sites is 1. The van der Waals surface area contributed by atoms with E-state index in [0.717, 1.165) is 10.0 Å². The van der Waals surface area contributed by atoms with Crippen LogP contribution in [0.5, 0.6) is 5.75 Å². The summed E-state index contributed by atoms with van der Waals surface area (Å²) in [6.07, 6.45) is 0.506. The van der Waals surface area contributed by atoms with Crippen LogP contribution in [0.1, 0.15) is 12.0 Å². The minimum absolute atomic E-state index is 0.197. The molecule has 2 aromatic carbocycles. The van der Waals surface area contributed by atoms with Crippen molar-refractivity contribution in [2.24, 2.45) is 0 Å². The van der Waals surface area contributed by atoms with Gasteiger partial charge in [0.2, 0.25) is 0 Å². The van der Waals surface area contributed by atoms with Gasteiger partial charge in [0.1, 0.15) is 18.1 Å². The van der Waals surface area contributed by atoms with Crippen LogP contribution in [-0.4, -0.2) is 30.9 Å². The molecule has 1 heterocycles. The Hall–Kier alpha value is -2.35. The monoisotopic (exact) mass is 480 g/mol. The fourth-order valence-corrected chi connectivity index (χ4v) is 3.29. The Kier molecular flexibility index (Phi) is 6.95. The van der Waals surface area contributed by atoms with Gasteiger partial charge in [-0.25, -0.2) is 4.79 Å². The first-order chi connectivity index (χ1) is 13.9. The van der Waals surface area contributed by atoms with E-state index in [1.165, 1.54) is 6.07 Å². The molecular weight excluding hydrogens is 464 g/mol. The van der Waals surface area contributed by atoms with E-state index in [1.807, 2.05) is 13.0 Å². The summed E-state index contributed by atoms with van der Waals surface area (Å²) in [7, 11) is 0. The molecule has 0 unspecified atom stereocenters. The van der Waals surface area contributed by atoms with Crippen LogP contribution >= 0.6 is 27.5 Å². The van der Waals surface area contributed by atoms with E-state index in [2.05, 4.69) is 15.9 Å². The third-order valence-corrected chi connectivity index (χ3v) is 5.30. The molecule has 1 N–H and O–H groups in total. The predicted molar refractivity (Wildman–Crippen MR) is 114 cm³/mol. The molecule has 0 saturated carbocycles. The van der Waals surface area contributed by atoms with E-state index in [0.29, 0.717) is 46.1 Å². The highest BCUT2D eigenvalue weighted by atomic mass is 79.9. The van der Waals surface area contributed by atoms with Gasteiger partial charge in [0, 0.05) is 17.0 Å². The fourth-order valence-electron chi connectivity index (χ4n) is 2.75. The fraction of sp³-hybridized carbons (Fsp3) is 0.238. The quantitative estimate of drug-likeness (QED) is 0.453. The first-order valence-electron chi connectivity index (χ1n) is 8.82. The van der Waals surface area contributed by atoms with Gasteiger partial charge in [0.05, 0.1) is 29.2 Å². The van der Waals surface area contributed by atoms with Gasteiger partial charge >= 0.3 is 5.97 Å². The van der Waals surface area contributed by atoms with Crippen molar-refractivity contribution in [1.29, 1.82) is 0 Å². The molecule has 0 aliphatic rings. The lowest BCUT2D eigenvalue weighted by Gasteiger charge is -2.14. The molecule has 8 heteroatoms. The van der Waals surface area contributed by atoms with Crippen molar-refractivity contribution in [3.8, 4) is 17.1 Å². The van der Waals surface area contributed by atoms with Crippen LogP contribution in [0.15, 0.2) is 50.1 Å². The van der Waals surface area contributed by atoms with Crippen LogP contribution in [0.3, 0.4) is 0 Å². The van der Waals surface area contributed by atoms with E-state index in [9.17, 15) is 9.59 Å². The van der Waals surface area contributed by atoms with E-state index < -0.39 is 5.97 Å². The number of carboxylic acid groups (broad SMARTS) is 1. The average molecular weight is 482 g/mol. The molecular formula is C21H18BrClO6. The minimum Gasteiger partial charge on any atom is -0.493 e. The number of halogens is 2. The standard InChI is InChI=1S/C21H18BrClO6/c1-12-8-14(18(9-15(12)22)28-7-3-6-27-11-20(25)26)19-10-17(24)13-4-2-5-16(23)21(13)29-19/h2,4-5,8-10H,3,6-7,11H2,1H3,(H,25,26). The van der Waals surface area contributed by atoms with Crippen LogP contribution in [0.4, 0.5) is 0 Å². The molecule has 3 aromatic rings. The molecule has 152 valence electrons. The first kappa shape index (κ1) is 21.4. The normalized spacial score (nSPS) is 11.0. The second-order valence-corrected chi connectivity index (χ2v) is 7.60. The van der Waals surface area contributed by atoms with Gasteiger partial charge in [-0.1, -0.05) is 33.6 Å². The Morgan fingerprint density at radius 1 is 1.24 bits per heavy atom. The molecule has 0 fully saturated rings. The smallest absolute Gasteiger partial charge is 0.329 e. The van der Waals surface area contributed by atoms with Crippen molar-refractivity contribution in [3.63, 3.8) is 0 Å². The van der Waals surface area contributed by atoms with E-state index in [4.69, 9.17) is 30.6 Å². The Morgan fingerprint density at radius 3 is 2.79 bits per heavy atom. The van der Waals surface area contributed by atoms with E-state index in [1.54, 1.807) is 24.3 Å². The van der Waals surface area contributed by atoms with Gasteiger partial charge < -0.3 is 19.0 Å². The molecule has 0 spiro atoms. The average Bonchev–Trinajstić information content (AvgIpc) is 2.67. The van der Waals surface area contributed by atoms with Crippen LogP contribution in [0.2, 0.25) is 5.02 Å². The number of aryl methyl sites for hydroxylation is 1. The van der Waals surface area contributed by atoms with Crippen molar-refractivity contribution in [3.05, 3.63) is 61.7 Å². The summed E-state index contributed by atoms with van der Waals surface area (Å²) in [6.45, 7) is 2.14. The molecule has 0 aliphatic heterocycles. The van der Waals surface area contributed by atoms with E-state index in [-0.39, 0.29) is 18.6 Å². The number of carbonyl (C=O) groups is 1. The largest absolute Gasteiger partial charge is 0.493 e. The lowest BCUT2D eigenvalue weighted by molar-refractivity contribution is -0.142. The number of carboxylic acids is 1. The number of aliphatic carboxylic acids is 1. The zero-order valence-electron chi connectivity index (χ0n) is 15.5. The Labute approximate surface area is 180 Å². The maximum absolute atomic E-state index is 12.5. The topological polar surface area (TPSA) is 86.0 Å². The summed E-state index contributed by atoms with van der Waals surface area (Å²) in [5.74, 6) is -0.140. The van der Waals surface area contributed by atoms with Crippen molar-refractivity contribution in [2.75, 3.05) is 19.8 Å². The number of ether oxygens (including phenoxy) is 2. The molecule has 3 rings (SSSR count). The van der Waals surface area contributed by atoms with Crippen LogP contribution in [0, 0.1) is 6.92 Å². The number of rotatable bonds is 8. The Morgan fingerprint density at radius 2 is 2.03 bits per heavy atom. The Bertz CT molecular complexity index is 1110. The van der Waals surface area contributed by atoms with Crippen LogP contribution in [0.25, 0.3) is 22.3 Å². The highest BCUT2D eigenvalue weighted by Gasteiger charge is 2.15. The van der Waals surface area contributed by atoms with Gasteiger partial charge in [0.15, 0.2) is 11.0 Å². The van der Waals surface area contributed by atoms with Crippen molar-refractivity contribution in [1.82, 2.24) is 0 Å². The summed E-state index contributed by atoms with van der Waals surface area (Å²) >= 11 is 9.70. The van der Waals surface area contributed by atoms with Gasteiger partial charge in [-0.05, 0) is 36.8 Å². The summed E-state index contributed by atoms with van der Waals surface area (Å²) in [5, 5.41) is 9.34. The maximum Gasteiger partial charge on any atom is 0.329 e. The van der Waals surface area contributed by atoms with E-state index >= 15 is 0 Å². The summed E-state index contributed by atoms with van der Waals surface area (Å²) < 4.78 is 17.7. The third kappa shape index (κ3) is 5.18. The van der Waals surface area contributed by atoms with Gasteiger partial charge in [-0.3, -0.25) is 4.79 Å². The minimum atomic E-state index is -1.01. The molecule has 1 aromatic heterocycles. The summed E-state index contributed by atoms with van der Waals surface area (Å²) in [6, 6.07) is 10.1. The molecule has 0 aliphatic carbocycles. The lowest BCUT2D eigenvalue weighted by Crippen LogP contribution is -2.10. The second-order valence-electron chi connectivity index (χ2n) is 6.34. The molecule has 0 atom stereocenters. The number of hydrogen-bond acceptors (Lipinski definition) is 5. The maximum atomic E-state index is 12.5. The van der Waals surface area contributed by atoms with Crippen LogP contribution in [-0.2, 0) is 9.53 Å². The predicted octanol–water partition coefficient (Wildman–Crippen LogP) is 5.05.